The lowest BCUT2D eigenvalue weighted by Crippen LogP contribution is -2.63. The van der Waals surface area contributed by atoms with Crippen molar-refractivity contribution in [1.82, 2.24) is 15.5 Å². The maximum Gasteiger partial charge on any atom is 0.411 e. The molecule has 19 nitrogen and oxygen atoms in total. The lowest BCUT2D eigenvalue weighted by molar-refractivity contribution is -0.960. The molecule has 3 heterocycles. The molecule has 7 N–H and O–H groups in total. The van der Waals surface area contributed by atoms with E-state index in [0.717, 1.165) is 66.4 Å². The molecular formula is C67H94N7O12S+. The van der Waals surface area contributed by atoms with Gasteiger partial charge in [-0.05, 0) is 104 Å². The van der Waals surface area contributed by atoms with Gasteiger partial charge in [0, 0.05) is 115 Å². The van der Waals surface area contributed by atoms with Crippen molar-refractivity contribution in [3.8, 4) is 0 Å². The van der Waals surface area contributed by atoms with Gasteiger partial charge in [0.05, 0.1) is 37.0 Å². The molecule has 3 aliphatic carbocycles. The molecule has 4 bridgehead atoms. The Morgan fingerprint density at radius 2 is 1.52 bits per heavy atom. The largest absolute Gasteiger partial charge is 0.461 e. The number of quaternary nitrogens is 1. The van der Waals surface area contributed by atoms with Crippen molar-refractivity contribution in [3.05, 3.63) is 84.5 Å². The highest BCUT2D eigenvalue weighted by molar-refractivity contribution is 8.00. The molecule has 6 aliphatic rings. The maximum absolute atomic E-state index is 14.0. The number of imide groups is 1. The Bertz CT molecular complexity index is 2890. The molecule has 2 aromatic rings. The molecule has 20 heteroatoms. The molecule has 3 aliphatic heterocycles. The number of benzene rings is 2. The molecule has 5 fully saturated rings. The first kappa shape index (κ1) is 66.6. The third kappa shape index (κ3) is 15.2. The van der Waals surface area contributed by atoms with Crippen LogP contribution in [0, 0.1) is 45.8 Å². The molecule has 3 saturated carbocycles. The van der Waals surface area contributed by atoms with Crippen LogP contribution >= 0.6 is 11.8 Å². The standard InChI is InChI=1S/C67H93N7O12S/c1-9-65(6)37-54(66(7)42(4)28-30-67(43(5)61(65)81)31-29-52(75)60(66)67)86-58(80)40-87-51-35-49-24-25-50(36-51)74(49,8)38-44-16-20-48(21-17-44)71-64(84)85-39-45-18-22-47(23-19-45)70-62(82)46(14-13-32-69-63(68)83)34-53(76)59(41(2)3)72-55(77)15-11-10-12-33-73-56(78)26-27-57(73)79/h9,16-23,26-27,41-43,46,49-51,54,59-61,81H,1,10-15,24-25,28-40H2,2-8H3,(H5-,68,69,70,71,72,77,82,83,84)/p+1. The number of nitrogens with one attached hydrogen (secondary N) is 4. The number of unbranched alkanes of at least 4 members (excludes halogenated alkanes) is 2. The Balaban J connectivity index is 0.775. The SMILES string of the molecule is C=CC1(C)CC(OC(=O)CSC2CC3CCC(C2)[N+]3(C)Cc2ccc(NC(=O)OCc3ccc(NC(=O)C(CCCNC(N)=O)CC(=O)C(NC(=O)CCCCCN4C(=O)C=CC4=O)C(C)C)cc3)cc2)C2(C)C(C)CCC3(CCC(=O)C32)C(C)C1O. The molecule has 12 unspecified atom stereocenters. The maximum atomic E-state index is 14.0. The third-order valence-electron chi connectivity index (χ3n) is 21.3. The number of aliphatic hydroxyl groups excluding tert-OH is 1. The van der Waals surface area contributed by atoms with E-state index in [0.29, 0.717) is 72.8 Å². The summed E-state index contributed by atoms with van der Waals surface area (Å²) in [5, 5.41) is 23.3. The van der Waals surface area contributed by atoms with E-state index in [1.165, 1.54) is 12.2 Å². The molecule has 7 amide bonds. The number of nitrogens with zero attached hydrogens (tertiary/aromatic N) is 2. The van der Waals surface area contributed by atoms with Crippen LogP contribution in [0.15, 0.2) is 73.3 Å². The van der Waals surface area contributed by atoms with Crippen molar-refractivity contribution >= 4 is 76.4 Å². The molecule has 2 aromatic carbocycles. The van der Waals surface area contributed by atoms with Crippen LogP contribution in [-0.2, 0) is 56.2 Å². The minimum absolute atomic E-state index is 0.0378. The second-order valence-corrected chi connectivity index (χ2v) is 28.3. The minimum Gasteiger partial charge on any atom is -0.461 e. The quantitative estimate of drug-likeness (QED) is 0.0160. The summed E-state index contributed by atoms with van der Waals surface area (Å²) in [6.07, 6.45) is 12.4. The lowest BCUT2D eigenvalue weighted by Gasteiger charge is -2.61. The fourth-order valence-corrected chi connectivity index (χ4v) is 16.9. The van der Waals surface area contributed by atoms with Crippen LogP contribution in [0.2, 0.25) is 0 Å². The van der Waals surface area contributed by atoms with Crippen molar-refractivity contribution in [2.24, 2.45) is 51.6 Å². The first-order valence-corrected chi connectivity index (χ1v) is 32.7. The van der Waals surface area contributed by atoms with Gasteiger partial charge in [-0.2, -0.15) is 0 Å². The minimum atomic E-state index is -0.845. The van der Waals surface area contributed by atoms with Crippen LogP contribution in [0.25, 0.3) is 0 Å². The summed E-state index contributed by atoms with van der Waals surface area (Å²) in [7, 11) is 2.35. The van der Waals surface area contributed by atoms with Gasteiger partial charge in [-0.1, -0.05) is 78.3 Å². The Labute approximate surface area is 517 Å². The number of ether oxygens (including phenoxy) is 2. The zero-order valence-corrected chi connectivity index (χ0v) is 52.9. The van der Waals surface area contributed by atoms with Gasteiger partial charge in [-0.15, -0.1) is 18.3 Å². The smallest absolute Gasteiger partial charge is 0.411 e. The zero-order valence-electron chi connectivity index (χ0n) is 52.1. The highest BCUT2D eigenvalue weighted by atomic mass is 32.2. The average molecular weight is 1220 g/mol. The molecule has 2 saturated heterocycles. The molecular weight excluding hydrogens is 1130 g/mol. The number of thioether (sulfide) groups is 1. The van der Waals surface area contributed by atoms with Crippen LogP contribution in [0.1, 0.15) is 155 Å². The van der Waals surface area contributed by atoms with E-state index in [-0.39, 0.29) is 109 Å². The van der Waals surface area contributed by atoms with Crippen LogP contribution in [0.5, 0.6) is 0 Å². The molecule has 12 atom stereocenters. The van der Waals surface area contributed by atoms with Gasteiger partial charge in [-0.3, -0.25) is 43.8 Å². The second-order valence-electron chi connectivity index (χ2n) is 27.0. The van der Waals surface area contributed by atoms with Crippen LogP contribution in [-0.4, -0.2) is 129 Å². The van der Waals surface area contributed by atoms with Crippen molar-refractivity contribution in [2.45, 2.75) is 193 Å². The molecule has 8 rings (SSSR count). The average Bonchev–Trinajstić information content (AvgIpc) is 1.16. The van der Waals surface area contributed by atoms with Crippen molar-refractivity contribution in [2.75, 3.05) is 36.5 Å². The number of fused-ring (bicyclic) bond motifs is 2. The van der Waals surface area contributed by atoms with E-state index < -0.39 is 53.0 Å². The summed E-state index contributed by atoms with van der Waals surface area (Å²) in [5.41, 5.74) is 6.59. The summed E-state index contributed by atoms with van der Waals surface area (Å²) in [5.74, 6) is -2.72. The van der Waals surface area contributed by atoms with Crippen molar-refractivity contribution < 1.29 is 62.2 Å². The second kappa shape index (κ2) is 28.4. The normalized spacial score (nSPS) is 30.6. The molecule has 87 heavy (non-hydrogen) atoms. The van der Waals surface area contributed by atoms with E-state index >= 15 is 0 Å². The predicted molar refractivity (Wildman–Crippen MR) is 333 cm³/mol. The Morgan fingerprint density at radius 1 is 0.874 bits per heavy atom. The third-order valence-corrected chi connectivity index (χ3v) is 22.5. The first-order chi connectivity index (χ1) is 41.3. The van der Waals surface area contributed by atoms with Gasteiger partial charge in [0.15, 0.2) is 5.78 Å². The zero-order chi connectivity index (χ0) is 63.0. The monoisotopic (exact) mass is 1220 g/mol. The number of rotatable bonds is 27. The van der Waals surface area contributed by atoms with Gasteiger partial charge in [0.1, 0.15) is 25.0 Å². The number of piperidine rings is 1. The Hall–Kier alpha value is -6.38. The van der Waals surface area contributed by atoms with Gasteiger partial charge in [-0.25, -0.2) is 9.59 Å². The number of nitrogens with two attached hydrogens (primary N) is 1. The number of carbonyl (C=O) groups excluding carboxylic acids is 9. The highest BCUT2D eigenvalue weighted by Crippen LogP contribution is 2.68. The van der Waals surface area contributed by atoms with Crippen LogP contribution < -0.4 is 27.0 Å². The number of aliphatic hydroxyl groups is 1. The number of anilines is 2. The summed E-state index contributed by atoms with van der Waals surface area (Å²) in [6, 6.07) is 14.0. The van der Waals surface area contributed by atoms with E-state index in [2.05, 4.69) is 55.7 Å². The number of primary amides is 1. The Morgan fingerprint density at radius 3 is 2.15 bits per heavy atom. The van der Waals surface area contributed by atoms with Crippen molar-refractivity contribution in [3.63, 3.8) is 0 Å². The number of ketones is 2. The van der Waals surface area contributed by atoms with Gasteiger partial charge < -0.3 is 40.7 Å². The van der Waals surface area contributed by atoms with Gasteiger partial charge >= 0.3 is 18.1 Å². The van der Waals surface area contributed by atoms with E-state index in [1.807, 2.05) is 51.1 Å². The van der Waals surface area contributed by atoms with E-state index in [4.69, 9.17) is 15.2 Å². The summed E-state index contributed by atoms with van der Waals surface area (Å²) in [6.45, 7) is 17.6. The number of hydrogen-bond donors (Lipinski definition) is 6. The molecule has 0 aromatic heterocycles. The number of esters is 1. The van der Waals surface area contributed by atoms with Gasteiger partial charge in [0.2, 0.25) is 11.8 Å². The number of amides is 7. The number of Topliss-reactive ketones (excluding diaryl/α,β-unsaturated/α-hetero) is 2. The Kier molecular flexibility index (Phi) is 21.7. The summed E-state index contributed by atoms with van der Waals surface area (Å²) < 4.78 is 13.1. The molecule has 0 spiro atoms. The van der Waals surface area contributed by atoms with Crippen LogP contribution in [0.3, 0.4) is 0 Å². The van der Waals surface area contributed by atoms with Gasteiger partial charge in [0.25, 0.3) is 11.8 Å². The van der Waals surface area contributed by atoms with Crippen LogP contribution in [0.4, 0.5) is 21.0 Å². The highest BCUT2D eigenvalue weighted by Gasteiger charge is 2.68. The summed E-state index contributed by atoms with van der Waals surface area (Å²) in [4.78, 5) is 118. The number of carbonyl (C=O) groups is 9. The predicted octanol–water partition coefficient (Wildman–Crippen LogP) is 9.30. The fraction of sp³-hybridized carbons (Fsp3) is 0.627. The molecule has 0 radical (unpaired) electrons. The topological polar surface area (TPSA) is 270 Å². The fourth-order valence-electron chi connectivity index (χ4n) is 15.8. The number of hydrogen-bond acceptors (Lipinski definition) is 13. The summed E-state index contributed by atoms with van der Waals surface area (Å²) >= 11 is 1.70. The first-order valence-electron chi connectivity index (χ1n) is 31.6. The lowest BCUT2D eigenvalue weighted by atomic mass is 9.44. The van der Waals surface area contributed by atoms with Crippen molar-refractivity contribution in [1.29, 1.82) is 0 Å². The van der Waals surface area contributed by atoms with E-state index in [1.54, 1.807) is 36.0 Å². The number of urea groups is 1. The molecule has 474 valence electrons. The van der Waals surface area contributed by atoms with E-state index in [9.17, 15) is 48.3 Å².